The van der Waals surface area contributed by atoms with Gasteiger partial charge in [0.1, 0.15) is 0 Å². The molecule has 0 radical (unpaired) electrons. The number of hydrogen-bond acceptors (Lipinski definition) is 7. The number of non-ortho nitro benzene ring substituents is 1. The number of nitrogens with zero attached hydrogens (tertiary/aromatic N) is 4. The Labute approximate surface area is 153 Å². The minimum absolute atomic E-state index is 0.00910. The van der Waals surface area contributed by atoms with E-state index in [1.54, 1.807) is 30.6 Å². The van der Waals surface area contributed by atoms with Crippen LogP contribution >= 0.6 is 0 Å². The van der Waals surface area contributed by atoms with Gasteiger partial charge in [-0.15, -0.1) is 5.10 Å². The highest BCUT2D eigenvalue weighted by molar-refractivity contribution is 5.95. The van der Waals surface area contributed by atoms with Crippen LogP contribution in [0.5, 0.6) is 0 Å². The zero-order valence-corrected chi connectivity index (χ0v) is 14.7. The standard InChI is InChI=1S/C17H17N5O5/c1-26-15(27-2)9-19-17(23)12-7-14-8-18-16(20-21(14)10-12)11-3-5-13(6-4-11)22(24)25/h3-8,10,15H,9H2,1-2H3,(H,19,23). The predicted octanol–water partition coefficient (Wildman–Crippen LogP) is 1.65. The number of benzene rings is 1. The first-order chi connectivity index (χ1) is 13.0. The second kappa shape index (κ2) is 7.89. The molecule has 2 aromatic heterocycles. The van der Waals surface area contributed by atoms with Gasteiger partial charge in [0.25, 0.3) is 11.6 Å². The monoisotopic (exact) mass is 371 g/mol. The summed E-state index contributed by atoms with van der Waals surface area (Å²) in [4.78, 5) is 26.8. The van der Waals surface area contributed by atoms with Crippen molar-refractivity contribution in [2.75, 3.05) is 20.8 Å². The third-order valence-corrected chi connectivity index (χ3v) is 3.90. The summed E-state index contributed by atoms with van der Waals surface area (Å²) in [6.45, 7) is 0.206. The number of nitro groups is 1. The van der Waals surface area contributed by atoms with Crippen molar-refractivity contribution >= 4 is 17.1 Å². The van der Waals surface area contributed by atoms with E-state index in [4.69, 9.17) is 9.47 Å². The maximum absolute atomic E-state index is 12.3. The Kier molecular flexibility index (Phi) is 5.38. The summed E-state index contributed by atoms with van der Waals surface area (Å²) in [6, 6.07) is 7.58. The van der Waals surface area contributed by atoms with E-state index in [1.165, 1.54) is 30.9 Å². The molecule has 3 rings (SSSR count). The van der Waals surface area contributed by atoms with Crippen molar-refractivity contribution in [3.63, 3.8) is 0 Å². The Balaban J connectivity index is 1.80. The van der Waals surface area contributed by atoms with E-state index in [2.05, 4.69) is 15.4 Å². The van der Waals surface area contributed by atoms with Gasteiger partial charge >= 0.3 is 0 Å². The predicted molar refractivity (Wildman–Crippen MR) is 95.2 cm³/mol. The zero-order chi connectivity index (χ0) is 19.4. The summed E-state index contributed by atoms with van der Waals surface area (Å²) in [7, 11) is 2.98. The van der Waals surface area contributed by atoms with E-state index in [0.29, 0.717) is 22.5 Å². The summed E-state index contributed by atoms with van der Waals surface area (Å²) >= 11 is 0. The SMILES string of the molecule is COC(CNC(=O)c1cc2cnc(-c3ccc([N+](=O)[O-])cc3)nn2c1)OC. The highest BCUT2D eigenvalue weighted by atomic mass is 16.7. The van der Waals surface area contributed by atoms with Crippen molar-refractivity contribution in [1.82, 2.24) is 19.9 Å². The fourth-order valence-electron chi connectivity index (χ4n) is 2.44. The molecule has 0 aliphatic carbocycles. The molecule has 0 aliphatic rings. The van der Waals surface area contributed by atoms with Gasteiger partial charge in [0.15, 0.2) is 12.1 Å². The molecule has 1 N–H and O–H groups in total. The molecule has 2 heterocycles. The van der Waals surface area contributed by atoms with Crippen LogP contribution in [0.2, 0.25) is 0 Å². The van der Waals surface area contributed by atoms with E-state index < -0.39 is 11.2 Å². The smallest absolute Gasteiger partial charge is 0.269 e. The second-order valence-corrected chi connectivity index (χ2v) is 5.59. The van der Waals surface area contributed by atoms with Gasteiger partial charge in [0.2, 0.25) is 0 Å². The molecule has 0 saturated carbocycles. The van der Waals surface area contributed by atoms with Crippen LogP contribution in [-0.4, -0.2) is 52.5 Å². The molecule has 0 saturated heterocycles. The summed E-state index contributed by atoms with van der Waals surface area (Å²) in [5.41, 5.74) is 1.67. The van der Waals surface area contributed by atoms with Gasteiger partial charge in [-0.25, -0.2) is 9.50 Å². The Hall–Kier alpha value is -3.37. The molecule has 10 nitrogen and oxygen atoms in total. The molecule has 0 spiro atoms. The molecule has 140 valence electrons. The number of ether oxygens (including phenoxy) is 2. The quantitative estimate of drug-likeness (QED) is 0.381. The minimum Gasteiger partial charge on any atom is -0.354 e. The summed E-state index contributed by atoms with van der Waals surface area (Å²) < 4.78 is 11.6. The number of nitro benzene ring substituents is 1. The van der Waals surface area contributed by atoms with Crippen LogP contribution in [0, 0.1) is 10.1 Å². The van der Waals surface area contributed by atoms with Gasteiger partial charge in [0.05, 0.1) is 28.7 Å². The van der Waals surface area contributed by atoms with E-state index in [1.807, 2.05) is 0 Å². The number of nitrogens with one attached hydrogen (secondary N) is 1. The van der Waals surface area contributed by atoms with Crippen molar-refractivity contribution < 1.29 is 19.2 Å². The van der Waals surface area contributed by atoms with Gasteiger partial charge < -0.3 is 14.8 Å². The molecule has 10 heteroatoms. The van der Waals surface area contributed by atoms with Crippen LogP contribution < -0.4 is 5.32 Å². The Morgan fingerprint density at radius 1 is 1.30 bits per heavy atom. The molecule has 0 bridgehead atoms. The number of hydrogen-bond donors (Lipinski definition) is 1. The largest absolute Gasteiger partial charge is 0.354 e. The van der Waals surface area contributed by atoms with Gasteiger partial charge in [-0.3, -0.25) is 14.9 Å². The van der Waals surface area contributed by atoms with Crippen molar-refractivity contribution in [2.24, 2.45) is 0 Å². The summed E-state index contributed by atoms with van der Waals surface area (Å²) in [6.07, 6.45) is 2.63. The molecule has 0 unspecified atom stereocenters. The van der Waals surface area contributed by atoms with Gasteiger partial charge in [-0.05, 0) is 18.2 Å². The van der Waals surface area contributed by atoms with Gasteiger partial charge in [0, 0.05) is 38.1 Å². The van der Waals surface area contributed by atoms with E-state index >= 15 is 0 Å². The number of amides is 1. The first-order valence-corrected chi connectivity index (χ1v) is 7.96. The van der Waals surface area contributed by atoms with Crippen LogP contribution in [0.25, 0.3) is 16.9 Å². The third-order valence-electron chi connectivity index (χ3n) is 3.90. The lowest BCUT2D eigenvalue weighted by atomic mass is 10.2. The molecular formula is C17H17N5O5. The van der Waals surface area contributed by atoms with E-state index in [9.17, 15) is 14.9 Å². The maximum atomic E-state index is 12.3. The maximum Gasteiger partial charge on any atom is 0.269 e. The van der Waals surface area contributed by atoms with E-state index in [-0.39, 0.29) is 18.1 Å². The molecular weight excluding hydrogens is 354 g/mol. The number of methoxy groups -OCH3 is 2. The van der Waals surface area contributed by atoms with Crippen molar-refractivity contribution in [3.05, 3.63) is 58.4 Å². The number of rotatable bonds is 7. The topological polar surface area (TPSA) is 121 Å². The van der Waals surface area contributed by atoms with Gasteiger partial charge in [-0.1, -0.05) is 0 Å². The number of carbonyl (C=O) groups is 1. The average molecular weight is 371 g/mol. The lowest BCUT2D eigenvalue weighted by Crippen LogP contribution is -2.33. The number of aromatic nitrogens is 3. The first kappa shape index (κ1) is 18.4. The van der Waals surface area contributed by atoms with Crippen molar-refractivity contribution in [3.8, 4) is 11.4 Å². The fraction of sp³-hybridized carbons (Fsp3) is 0.235. The Bertz CT molecular complexity index is 966. The Morgan fingerprint density at radius 2 is 2.00 bits per heavy atom. The summed E-state index contributed by atoms with van der Waals surface area (Å²) in [5.74, 6) is 0.0928. The number of fused-ring (bicyclic) bond motifs is 1. The molecule has 0 atom stereocenters. The molecule has 1 amide bonds. The van der Waals surface area contributed by atoms with Crippen LogP contribution in [-0.2, 0) is 9.47 Å². The number of carbonyl (C=O) groups excluding carboxylic acids is 1. The Morgan fingerprint density at radius 3 is 2.63 bits per heavy atom. The summed E-state index contributed by atoms with van der Waals surface area (Å²) in [5, 5.41) is 17.8. The van der Waals surface area contributed by atoms with Crippen LogP contribution in [0.15, 0.2) is 42.7 Å². The minimum atomic E-state index is -0.528. The average Bonchev–Trinajstić information content (AvgIpc) is 3.12. The van der Waals surface area contributed by atoms with Crippen molar-refractivity contribution in [2.45, 2.75) is 6.29 Å². The molecule has 0 fully saturated rings. The highest BCUT2D eigenvalue weighted by Gasteiger charge is 2.13. The molecule has 0 aliphatic heterocycles. The molecule has 3 aromatic rings. The molecule has 1 aromatic carbocycles. The van der Waals surface area contributed by atoms with Crippen molar-refractivity contribution in [1.29, 1.82) is 0 Å². The zero-order valence-electron chi connectivity index (χ0n) is 14.7. The van der Waals surface area contributed by atoms with Crippen LogP contribution in [0.4, 0.5) is 5.69 Å². The third kappa shape index (κ3) is 4.07. The normalized spacial score (nSPS) is 11.1. The fourth-order valence-corrected chi connectivity index (χ4v) is 2.44. The lowest BCUT2D eigenvalue weighted by Gasteiger charge is -2.13. The second-order valence-electron chi connectivity index (χ2n) is 5.59. The first-order valence-electron chi connectivity index (χ1n) is 7.96. The van der Waals surface area contributed by atoms with Gasteiger partial charge in [-0.2, -0.15) is 0 Å². The lowest BCUT2D eigenvalue weighted by molar-refractivity contribution is -0.384. The van der Waals surface area contributed by atoms with E-state index in [0.717, 1.165) is 0 Å². The molecule has 27 heavy (non-hydrogen) atoms. The van der Waals surface area contributed by atoms with Crippen LogP contribution in [0.3, 0.4) is 0 Å². The van der Waals surface area contributed by atoms with Crippen LogP contribution in [0.1, 0.15) is 10.4 Å². The highest BCUT2D eigenvalue weighted by Crippen LogP contribution is 2.19.